The Labute approximate surface area is 198 Å². The lowest BCUT2D eigenvalue weighted by molar-refractivity contribution is 0.0952. The Morgan fingerprint density at radius 1 is 0.853 bits per heavy atom. The van der Waals surface area contributed by atoms with E-state index in [9.17, 15) is 4.79 Å². The summed E-state index contributed by atoms with van der Waals surface area (Å²) in [7, 11) is 3.13. The number of fused-ring (bicyclic) bond motifs is 1. The Morgan fingerprint density at radius 2 is 1.62 bits per heavy atom. The summed E-state index contributed by atoms with van der Waals surface area (Å²) in [6, 6.07) is 25.1. The van der Waals surface area contributed by atoms with E-state index >= 15 is 0 Å². The number of hydrogen-bond donors (Lipinski definition) is 1. The van der Waals surface area contributed by atoms with Crippen molar-refractivity contribution in [3.8, 4) is 17.2 Å². The van der Waals surface area contributed by atoms with Gasteiger partial charge in [-0.25, -0.2) is 5.43 Å². The molecule has 4 rings (SSSR count). The van der Waals surface area contributed by atoms with Crippen molar-refractivity contribution < 1.29 is 19.0 Å². The number of hydrogen-bond acceptors (Lipinski definition) is 5. The molecule has 0 spiro atoms. The molecule has 4 aromatic carbocycles. The van der Waals surface area contributed by atoms with Crippen molar-refractivity contribution in [2.75, 3.05) is 14.2 Å². The summed E-state index contributed by atoms with van der Waals surface area (Å²) in [5.41, 5.74) is 6.00. The summed E-state index contributed by atoms with van der Waals surface area (Å²) in [5, 5.41) is 6.05. The highest BCUT2D eigenvalue weighted by molar-refractivity contribution is 6.02. The number of nitrogens with one attached hydrogen (secondary N) is 1. The molecule has 0 aliphatic carbocycles. The van der Waals surface area contributed by atoms with Gasteiger partial charge in [0, 0.05) is 0 Å². The first-order valence-corrected chi connectivity index (χ1v) is 10.8. The molecular formula is C28H26N2O4. The van der Waals surface area contributed by atoms with Gasteiger partial charge < -0.3 is 14.2 Å². The van der Waals surface area contributed by atoms with Crippen LogP contribution in [0.1, 0.15) is 27.0 Å². The number of benzene rings is 4. The van der Waals surface area contributed by atoms with Crippen LogP contribution >= 0.6 is 0 Å². The number of rotatable bonds is 8. The maximum Gasteiger partial charge on any atom is 0.275 e. The largest absolute Gasteiger partial charge is 0.496 e. The normalized spacial score (nSPS) is 10.9. The molecule has 4 aromatic rings. The van der Waals surface area contributed by atoms with Crippen LogP contribution in [-0.4, -0.2) is 26.3 Å². The minimum absolute atomic E-state index is 0.357. The molecular weight excluding hydrogens is 428 g/mol. The first kappa shape index (κ1) is 22.9. The van der Waals surface area contributed by atoms with E-state index in [-0.39, 0.29) is 5.91 Å². The Kier molecular flexibility index (Phi) is 7.08. The van der Waals surface area contributed by atoms with Gasteiger partial charge in [-0.2, -0.15) is 5.10 Å². The van der Waals surface area contributed by atoms with Gasteiger partial charge in [0.2, 0.25) is 0 Å². The number of amides is 1. The minimum Gasteiger partial charge on any atom is -0.496 e. The van der Waals surface area contributed by atoms with E-state index in [1.165, 1.54) is 5.56 Å². The van der Waals surface area contributed by atoms with Gasteiger partial charge in [-0.3, -0.25) is 4.79 Å². The lowest BCUT2D eigenvalue weighted by Gasteiger charge is -2.12. The molecule has 0 atom stereocenters. The Bertz CT molecular complexity index is 1350. The zero-order valence-corrected chi connectivity index (χ0v) is 19.4. The third kappa shape index (κ3) is 5.35. The number of carbonyl (C=O) groups is 1. The monoisotopic (exact) mass is 454 g/mol. The molecule has 0 aliphatic rings. The first-order chi connectivity index (χ1) is 16.6. The van der Waals surface area contributed by atoms with E-state index < -0.39 is 0 Å². The smallest absolute Gasteiger partial charge is 0.275 e. The van der Waals surface area contributed by atoms with Crippen molar-refractivity contribution in [3.63, 3.8) is 0 Å². The van der Waals surface area contributed by atoms with Crippen LogP contribution in [-0.2, 0) is 6.61 Å². The molecule has 0 aromatic heterocycles. The number of carbonyl (C=O) groups excluding carboxylic acids is 1. The number of hydrazone groups is 1. The Balaban J connectivity index is 1.44. The van der Waals surface area contributed by atoms with E-state index in [1.807, 2.05) is 67.6 Å². The van der Waals surface area contributed by atoms with E-state index in [2.05, 4.69) is 16.6 Å². The molecule has 0 aliphatic heterocycles. The third-order valence-electron chi connectivity index (χ3n) is 5.36. The molecule has 0 heterocycles. The fraction of sp³-hybridized carbons (Fsp3) is 0.143. The van der Waals surface area contributed by atoms with Crippen LogP contribution in [0.15, 0.2) is 84.0 Å². The molecule has 1 N–H and O–H groups in total. The second-order valence-corrected chi connectivity index (χ2v) is 7.79. The van der Waals surface area contributed by atoms with Crippen LogP contribution in [0.5, 0.6) is 17.2 Å². The Hall–Kier alpha value is -4.32. The highest BCUT2D eigenvalue weighted by atomic mass is 16.5. The maximum absolute atomic E-state index is 12.7. The number of methoxy groups -OCH3 is 2. The van der Waals surface area contributed by atoms with Gasteiger partial charge >= 0.3 is 0 Å². The van der Waals surface area contributed by atoms with Crippen LogP contribution in [0.2, 0.25) is 0 Å². The van der Waals surface area contributed by atoms with Crippen LogP contribution < -0.4 is 19.6 Å². The molecule has 6 nitrogen and oxygen atoms in total. The van der Waals surface area contributed by atoms with E-state index in [1.54, 1.807) is 32.6 Å². The second-order valence-electron chi connectivity index (χ2n) is 7.79. The van der Waals surface area contributed by atoms with Crippen LogP contribution in [0.3, 0.4) is 0 Å². The molecule has 0 saturated heterocycles. The molecule has 34 heavy (non-hydrogen) atoms. The predicted molar refractivity (Wildman–Crippen MR) is 134 cm³/mol. The SMILES string of the molecule is COc1cc(/C=N\NC(=O)c2cc3ccccc3cc2OC)ccc1OCc1cccc(C)c1. The molecule has 6 heteroatoms. The van der Waals surface area contributed by atoms with Crippen molar-refractivity contribution in [1.82, 2.24) is 5.43 Å². The molecule has 1 amide bonds. The summed E-state index contributed by atoms with van der Waals surface area (Å²) < 4.78 is 16.8. The van der Waals surface area contributed by atoms with Gasteiger partial charge in [-0.1, -0.05) is 54.1 Å². The number of nitrogens with zero attached hydrogens (tertiary/aromatic N) is 1. The zero-order chi connectivity index (χ0) is 23.9. The van der Waals surface area contributed by atoms with Crippen molar-refractivity contribution in [1.29, 1.82) is 0 Å². The van der Waals surface area contributed by atoms with Gasteiger partial charge in [0.1, 0.15) is 12.4 Å². The summed E-state index contributed by atoms with van der Waals surface area (Å²) in [6.45, 7) is 2.49. The summed E-state index contributed by atoms with van der Waals surface area (Å²) in [6.07, 6.45) is 1.55. The van der Waals surface area contributed by atoms with Gasteiger partial charge in [0.25, 0.3) is 5.91 Å². The van der Waals surface area contributed by atoms with Crippen molar-refractivity contribution >= 4 is 22.9 Å². The lowest BCUT2D eigenvalue weighted by Crippen LogP contribution is -2.18. The van der Waals surface area contributed by atoms with E-state index in [4.69, 9.17) is 14.2 Å². The Morgan fingerprint density at radius 3 is 2.35 bits per heavy atom. The van der Waals surface area contributed by atoms with Gasteiger partial charge in [-0.15, -0.1) is 0 Å². The quantitative estimate of drug-likeness (QED) is 0.282. The standard InChI is InChI=1S/C28H26N2O4/c1-19-7-6-8-21(13-19)18-34-25-12-11-20(14-27(25)33-3)17-29-30-28(31)24-15-22-9-4-5-10-23(22)16-26(24)32-2/h4-17H,18H2,1-3H3,(H,30,31)/b29-17-. The van der Waals surface area contributed by atoms with Gasteiger partial charge in [-0.05, 0) is 59.2 Å². The summed E-state index contributed by atoms with van der Waals surface area (Å²) in [5.74, 6) is 1.34. The van der Waals surface area contributed by atoms with Crippen molar-refractivity contribution in [2.24, 2.45) is 5.10 Å². The highest BCUT2D eigenvalue weighted by Gasteiger charge is 2.13. The van der Waals surface area contributed by atoms with Crippen molar-refractivity contribution in [3.05, 3.63) is 101 Å². The molecule has 0 saturated carbocycles. The van der Waals surface area contributed by atoms with E-state index in [0.717, 1.165) is 21.9 Å². The van der Waals surface area contributed by atoms with Crippen LogP contribution in [0, 0.1) is 6.92 Å². The highest BCUT2D eigenvalue weighted by Crippen LogP contribution is 2.29. The van der Waals surface area contributed by atoms with Gasteiger partial charge in [0.15, 0.2) is 11.5 Å². The summed E-state index contributed by atoms with van der Waals surface area (Å²) >= 11 is 0. The molecule has 0 fully saturated rings. The molecule has 0 bridgehead atoms. The minimum atomic E-state index is -0.357. The molecule has 0 radical (unpaired) electrons. The lowest BCUT2D eigenvalue weighted by atomic mass is 10.1. The van der Waals surface area contributed by atoms with Gasteiger partial charge in [0.05, 0.1) is 26.0 Å². The third-order valence-corrected chi connectivity index (χ3v) is 5.36. The van der Waals surface area contributed by atoms with Crippen LogP contribution in [0.25, 0.3) is 10.8 Å². The van der Waals surface area contributed by atoms with Crippen molar-refractivity contribution in [2.45, 2.75) is 13.5 Å². The number of ether oxygens (including phenoxy) is 3. The zero-order valence-electron chi connectivity index (χ0n) is 19.4. The second kappa shape index (κ2) is 10.5. The first-order valence-electron chi connectivity index (χ1n) is 10.8. The fourth-order valence-corrected chi connectivity index (χ4v) is 3.64. The number of aryl methyl sites for hydroxylation is 1. The van der Waals surface area contributed by atoms with Crippen LogP contribution in [0.4, 0.5) is 0 Å². The topological polar surface area (TPSA) is 69.2 Å². The molecule has 172 valence electrons. The average molecular weight is 455 g/mol. The molecule has 0 unspecified atom stereocenters. The average Bonchev–Trinajstić information content (AvgIpc) is 2.86. The predicted octanol–water partition coefficient (Wildman–Crippen LogP) is 5.51. The fourth-order valence-electron chi connectivity index (χ4n) is 3.64. The summed E-state index contributed by atoms with van der Waals surface area (Å²) in [4.78, 5) is 12.7. The van der Waals surface area contributed by atoms with E-state index in [0.29, 0.717) is 29.4 Å². The maximum atomic E-state index is 12.7.